The van der Waals surface area contributed by atoms with Crippen LogP contribution in [0.4, 0.5) is 0 Å². The summed E-state index contributed by atoms with van der Waals surface area (Å²) in [4.78, 5) is 4.72. The zero-order valence-electron chi connectivity index (χ0n) is 10.2. The molecule has 0 aromatic heterocycles. The third kappa shape index (κ3) is 6.10. The number of hydrogen-bond donors (Lipinski definition) is 1. The lowest BCUT2D eigenvalue weighted by Crippen LogP contribution is -2.40. The smallest absolute Gasteiger partial charge is 0.0594 e. The van der Waals surface area contributed by atoms with Crippen LogP contribution in [0, 0.1) is 0 Å². The van der Waals surface area contributed by atoms with Gasteiger partial charge in [0.1, 0.15) is 0 Å². The molecule has 90 valence electrons. The van der Waals surface area contributed by atoms with Gasteiger partial charge in [0.05, 0.1) is 13.2 Å². The first-order valence-corrected chi connectivity index (χ1v) is 6.02. The Labute approximate surface area is 93.6 Å². The summed E-state index contributed by atoms with van der Waals surface area (Å²) in [5, 5.41) is 3.27. The van der Waals surface area contributed by atoms with E-state index in [1.54, 1.807) is 0 Å². The standard InChI is InChI=1S/C6H13NO.C5H12N2/c1-2-7-3-5-8-6-4-7;1-7-4-2-6-3-5-7/h2-6H2,1H3;6H,2-5H2,1H3. The molecule has 4 nitrogen and oxygen atoms in total. The van der Waals surface area contributed by atoms with Gasteiger partial charge in [-0.3, -0.25) is 4.90 Å². The summed E-state index contributed by atoms with van der Waals surface area (Å²) in [6, 6.07) is 0. The van der Waals surface area contributed by atoms with Gasteiger partial charge in [-0.25, -0.2) is 0 Å². The molecule has 0 spiro atoms. The number of ether oxygens (including phenoxy) is 1. The van der Waals surface area contributed by atoms with Crippen molar-refractivity contribution >= 4 is 0 Å². The summed E-state index contributed by atoms with van der Waals surface area (Å²) < 4.78 is 5.16. The van der Waals surface area contributed by atoms with Crippen LogP contribution < -0.4 is 5.32 Å². The van der Waals surface area contributed by atoms with E-state index in [-0.39, 0.29) is 0 Å². The highest BCUT2D eigenvalue weighted by Crippen LogP contribution is 1.93. The minimum absolute atomic E-state index is 0.924. The number of likely N-dealkylation sites (N-methyl/N-ethyl adjacent to an activating group) is 2. The van der Waals surface area contributed by atoms with E-state index in [2.05, 4.69) is 29.1 Å². The first kappa shape index (κ1) is 12.9. The lowest BCUT2D eigenvalue weighted by atomic mass is 10.4. The topological polar surface area (TPSA) is 27.7 Å². The van der Waals surface area contributed by atoms with Crippen molar-refractivity contribution in [1.82, 2.24) is 15.1 Å². The molecule has 2 aliphatic heterocycles. The zero-order valence-corrected chi connectivity index (χ0v) is 10.2. The molecular formula is C11H25N3O. The van der Waals surface area contributed by atoms with E-state index >= 15 is 0 Å². The number of hydrogen-bond acceptors (Lipinski definition) is 4. The van der Waals surface area contributed by atoms with E-state index < -0.39 is 0 Å². The number of piperazine rings is 1. The van der Waals surface area contributed by atoms with Crippen LogP contribution in [-0.2, 0) is 4.74 Å². The van der Waals surface area contributed by atoms with Crippen LogP contribution in [0.15, 0.2) is 0 Å². The third-order valence-corrected chi connectivity index (χ3v) is 2.89. The van der Waals surface area contributed by atoms with Crippen molar-refractivity contribution in [3.63, 3.8) is 0 Å². The maximum atomic E-state index is 5.16. The van der Waals surface area contributed by atoms with Gasteiger partial charge in [0, 0.05) is 39.3 Å². The predicted octanol–water partition coefficient (Wildman–Crippen LogP) is -0.140. The molecule has 15 heavy (non-hydrogen) atoms. The summed E-state index contributed by atoms with van der Waals surface area (Å²) in [6.45, 7) is 12.2. The highest BCUT2D eigenvalue weighted by atomic mass is 16.5. The second-order valence-electron chi connectivity index (χ2n) is 4.10. The summed E-state index contributed by atoms with van der Waals surface area (Å²) in [7, 11) is 2.15. The van der Waals surface area contributed by atoms with Gasteiger partial charge in [0.15, 0.2) is 0 Å². The van der Waals surface area contributed by atoms with Gasteiger partial charge in [0.25, 0.3) is 0 Å². The first-order chi connectivity index (χ1) is 7.33. The van der Waals surface area contributed by atoms with E-state index in [0.29, 0.717) is 0 Å². The third-order valence-electron chi connectivity index (χ3n) is 2.89. The van der Waals surface area contributed by atoms with Crippen molar-refractivity contribution in [2.45, 2.75) is 6.92 Å². The van der Waals surface area contributed by atoms with E-state index in [1.807, 2.05) is 0 Å². The Morgan fingerprint density at radius 2 is 1.67 bits per heavy atom. The molecule has 0 radical (unpaired) electrons. The SMILES string of the molecule is CCN1CCOCC1.CN1CCNCC1. The normalized spacial score (nSPS) is 24.4. The molecule has 2 rings (SSSR count). The minimum Gasteiger partial charge on any atom is -0.379 e. The Hall–Kier alpha value is -0.160. The molecule has 2 saturated heterocycles. The van der Waals surface area contributed by atoms with Crippen molar-refractivity contribution in [3.8, 4) is 0 Å². The molecule has 0 atom stereocenters. The fourth-order valence-electron chi connectivity index (χ4n) is 1.69. The van der Waals surface area contributed by atoms with Crippen LogP contribution in [0.25, 0.3) is 0 Å². The van der Waals surface area contributed by atoms with E-state index in [9.17, 15) is 0 Å². The van der Waals surface area contributed by atoms with Gasteiger partial charge in [0.2, 0.25) is 0 Å². The number of nitrogens with zero attached hydrogens (tertiary/aromatic N) is 2. The van der Waals surface area contributed by atoms with Gasteiger partial charge < -0.3 is 15.0 Å². The molecule has 0 aromatic carbocycles. The Balaban J connectivity index is 0.000000151. The van der Waals surface area contributed by atoms with Crippen LogP contribution in [0.3, 0.4) is 0 Å². The molecule has 2 heterocycles. The number of nitrogens with one attached hydrogen (secondary N) is 1. The van der Waals surface area contributed by atoms with Crippen LogP contribution in [0.2, 0.25) is 0 Å². The predicted molar refractivity (Wildman–Crippen MR) is 63.3 cm³/mol. The molecule has 0 saturated carbocycles. The van der Waals surface area contributed by atoms with Crippen molar-refractivity contribution in [2.75, 3.05) is 66.1 Å². The van der Waals surface area contributed by atoms with Gasteiger partial charge in [-0.2, -0.15) is 0 Å². The van der Waals surface area contributed by atoms with E-state index in [1.165, 1.54) is 19.6 Å². The van der Waals surface area contributed by atoms with Crippen molar-refractivity contribution < 1.29 is 4.74 Å². The lowest BCUT2D eigenvalue weighted by Gasteiger charge is -2.24. The maximum absolute atomic E-state index is 5.16. The molecule has 4 heteroatoms. The second kappa shape index (κ2) is 8.05. The van der Waals surface area contributed by atoms with Crippen molar-refractivity contribution in [3.05, 3.63) is 0 Å². The van der Waals surface area contributed by atoms with Crippen LogP contribution >= 0.6 is 0 Å². The molecule has 2 fully saturated rings. The Kier molecular flexibility index (Phi) is 6.92. The quantitative estimate of drug-likeness (QED) is 0.659. The average molecular weight is 215 g/mol. The van der Waals surface area contributed by atoms with Gasteiger partial charge in [-0.05, 0) is 13.6 Å². The first-order valence-electron chi connectivity index (χ1n) is 6.02. The van der Waals surface area contributed by atoms with Crippen LogP contribution in [-0.4, -0.2) is 75.9 Å². The summed E-state index contributed by atoms with van der Waals surface area (Å²) in [6.07, 6.45) is 0. The van der Waals surface area contributed by atoms with Gasteiger partial charge in [-0.15, -0.1) is 0 Å². The summed E-state index contributed by atoms with van der Waals surface area (Å²) in [5.41, 5.74) is 0. The van der Waals surface area contributed by atoms with Crippen molar-refractivity contribution in [2.24, 2.45) is 0 Å². The lowest BCUT2D eigenvalue weighted by molar-refractivity contribution is 0.0405. The fourth-order valence-corrected chi connectivity index (χ4v) is 1.69. The monoisotopic (exact) mass is 215 g/mol. The molecule has 1 N–H and O–H groups in total. The van der Waals surface area contributed by atoms with Crippen LogP contribution in [0.1, 0.15) is 6.92 Å². The Bertz CT molecular complexity index is 143. The molecular weight excluding hydrogens is 190 g/mol. The minimum atomic E-state index is 0.924. The Morgan fingerprint density at radius 3 is 2.00 bits per heavy atom. The maximum Gasteiger partial charge on any atom is 0.0594 e. The van der Waals surface area contributed by atoms with Gasteiger partial charge in [-0.1, -0.05) is 6.92 Å². The molecule has 0 aromatic rings. The fraction of sp³-hybridized carbons (Fsp3) is 1.00. The molecule has 0 bridgehead atoms. The van der Waals surface area contributed by atoms with E-state index in [4.69, 9.17) is 4.74 Å². The molecule has 0 amide bonds. The summed E-state index contributed by atoms with van der Waals surface area (Å²) >= 11 is 0. The van der Waals surface area contributed by atoms with Crippen LogP contribution in [0.5, 0.6) is 0 Å². The number of rotatable bonds is 1. The molecule has 2 aliphatic rings. The van der Waals surface area contributed by atoms with Crippen molar-refractivity contribution in [1.29, 1.82) is 0 Å². The largest absolute Gasteiger partial charge is 0.379 e. The average Bonchev–Trinajstić information content (AvgIpc) is 2.32. The second-order valence-corrected chi connectivity index (χ2v) is 4.10. The zero-order chi connectivity index (χ0) is 10.9. The molecule has 0 aliphatic carbocycles. The highest BCUT2D eigenvalue weighted by Gasteiger charge is 2.05. The Morgan fingerprint density at radius 1 is 1.07 bits per heavy atom. The number of morpholine rings is 1. The molecule has 0 unspecified atom stereocenters. The summed E-state index contributed by atoms with van der Waals surface area (Å²) in [5.74, 6) is 0. The highest BCUT2D eigenvalue weighted by molar-refractivity contribution is 4.62. The van der Waals surface area contributed by atoms with E-state index in [0.717, 1.165) is 39.4 Å². The van der Waals surface area contributed by atoms with Gasteiger partial charge >= 0.3 is 0 Å².